The molecule has 0 bridgehead atoms. The van der Waals surface area contributed by atoms with Crippen LogP contribution in [0.15, 0.2) is 48.7 Å². The minimum atomic E-state index is -0.171. The molecule has 0 saturated heterocycles. The Hall–Kier alpha value is -3.34. The number of aromatic hydroxyl groups is 1. The lowest BCUT2D eigenvalue weighted by Crippen LogP contribution is -2.03. The molecule has 112 valence electrons. The first-order valence-corrected chi connectivity index (χ1v) is 7.13. The summed E-state index contributed by atoms with van der Waals surface area (Å²) < 4.78 is 0. The van der Waals surface area contributed by atoms with E-state index in [4.69, 9.17) is 5.73 Å². The van der Waals surface area contributed by atoms with Crippen molar-refractivity contribution in [3.05, 3.63) is 59.8 Å². The highest BCUT2D eigenvalue weighted by Crippen LogP contribution is 2.36. The van der Waals surface area contributed by atoms with Gasteiger partial charge in [-0.1, -0.05) is 12.1 Å². The van der Waals surface area contributed by atoms with Crippen LogP contribution in [0.1, 0.15) is 11.1 Å². The number of fused-ring (bicyclic) bond motifs is 2. The number of phenolic OH excluding ortho intramolecular Hbond substituents is 1. The zero-order valence-electron chi connectivity index (χ0n) is 12.1. The Kier molecular flexibility index (Phi) is 2.81. The van der Waals surface area contributed by atoms with Gasteiger partial charge in [-0.25, -0.2) is 0 Å². The first kappa shape index (κ1) is 13.3. The van der Waals surface area contributed by atoms with Crippen LogP contribution in [0.5, 0.6) is 5.75 Å². The molecule has 0 saturated carbocycles. The van der Waals surface area contributed by atoms with E-state index in [1.807, 2.05) is 6.07 Å². The van der Waals surface area contributed by atoms with Crippen LogP contribution >= 0.6 is 0 Å². The number of nitrogens with one attached hydrogen (secondary N) is 1. The fourth-order valence-corrected chi connectivity index (χ4v) is 2.81. The second-order valence-electron chi connectivity index (χ2n) is 5.39. The summed E-state index contributed by atoms with van der Waals surface area (Å²) >= 11 is 0. The van der Waals surface area contributed by atoms with Crippen LogP contribution in [0.2, 0.25) is 0 Å². The number of nitrogens with zero attached hydrogens (tertiary/aromatic N) is 1. The molecule has 0 radical (unpaired) electrons. The number of anilines is 2. The molecule has 1 aromatic heterocycles. The molecule has 0 unspecified atom stereocenters. The zero-order valence-corrected chi connectivity index (χ0v) is 12.1. The van der Waals surface area contributed by atoms with Gasteiger partial charge in [-0.05, 0) is 42.0 Å². The van der Waals surface area contributed by atoms with E-state index in [0.29, 0.717) is 16.8 Å². The van der Waals surface area contributed by atoms with Crippen molar-refractivity contribution in [2.24, 2.45) is 0 Å². The molecule has 4 rings (SSSR count). The number of hydrogen-bond donors (Lipinski definition) is 3. The van der Waals surface area contributed by atoms with E-state index in [2.05, 4.69) is 10.3 Å². The maximum absolute atomic E-state index is 12.3. The van der Waals surface area contributed by atoms with Gasteiger partial charge in [-0.3, -0.25) is 9.78 Å². The van der Waals surface area contributed by atoms with Gasteiger partial charge < -0.3 is 16.2 Å². The minimum Gasteiger partial charge on any atom is -0.506 e. The van der Waals surface area contributed by atoms with E-state index in [0.717, 1.165) is 22.2 Å². The van der Waals surface area contributed by atoms with Crippen molar-refractivity contribution in [1.82, 2.24) is 4.98 Å². The van der Waals surface area contributed by atoms with Crippen LogP contribution in [0.4, 0.5) is 11.4 Å². The lowest BCUT2D eigenvalue weighted by Gasteiger charge is -2.05. The predicted octanol–water partition coefficient (Wildman–Crippen LogP) is 3.02. The predicted molar refractivity (Wildman–Crippen MR) is 90.8 cm³/mol. The number of hydrogen-bond acceptors (Lipinski definition) is 4. The lowest BCUT2D eigenvalue weighted by atomic mass is 10.0. The van der Waals surface area contributed by atoms with Gasteiger partial charge in [-0.2, -0.15) is 0 Å². The van der Waals surface area contributed by atoms with E-state index in [1.54, 1.807) is 48.7 Å². The molecule has 0 spiro atoms. The topological polar surface area (TPSA) is 88.2 Å². The molecule has 5 nitrogen and oxygen atoms in total. The number of amides is 1. The Morgan fingerprint density at radius 2 is 2.04 bits per heavy atom. The number of nitrogen functional groups attached to an aromatic ring is 1. The van der Waals surface area contributed by atoms with Crippen LogP contribution in [-0.4, -0.2) is 16.0 Å². The summed E-state index contributed by atoms with van der Waals surface area (Å²) in [6.45, 7) is 0. The average molecular weight is 303 g/mol. The molecule has 1 aliphatic rings. The molecule has 2 heterocycles. The molecular weight excluding hydrogens is 290 g/mol. The number of rotatable bonds is 1. The van der Waals surface area contributed by atoms with Crippen molar-refractivity contribution in [3.8, 4) is 5.75 Å². The highest BCUT2D eigenvalue weighted by molar-refractivity contribution is 6.35. The first-order chi connectivity index (χ1) is 11.1. The first-order valence-electron chi connectivity index (χ1n) is 7.13. The number of benzene rings is 2. The summed E-state index contributed by atoms with van der Waals surface area (Å²) in [5.74, 6) is -0.0565. The highest BCUT2D eigenvalue weighted by atomic mass is 16.3. The Morgan fingerprint density at radius 3 is 2.91 bits per heavy atom. The van der Waals surface area contributed by atoms with Crippen molar-refractivity contribution in [2.45, 2.75) is 0 Å². The van der Waals surface area contributed by atoms with E-state index >= 15 is 0 Å². The smallest absolute Gasteiger partial charge is 0.256 e. The van der Waals surface area contributed by atoms with Gasteiger partial charge in [-0.15, -0.1) is 0 Å². The fraction of sp³-hybridized carbons (Fsp3) is 0. The van der Waals surface area contributed by atoms with Crippen molar-refractivity contribution < 1.29 is 9.90 Å². The SMILES string of the molecule is Nc1ccc2c(c1)/C(=C\c1ccc(O)c3ncccc13)C(=O)N2. The van der Waals surface area contributed by atoms with Gasteiger partial charge in [0.15, 0.2) is 0 Å². The summed E-state index contributed by atoms with van der Waals surface area (Å²) in [7, 11) is 0. The lowest BCUT2D eigenvalue weighted by molar-refractivity contribution is -0.110. The number of nitrogens with two attached hydrogens (primary N) is 1. The van der Waals surface area contributed by atoms with Crippen LogP contribution in [-0.2, 0) is 4.79 Å². The monoisotopic (exact) mass is 303 g/mol. The maximum Gasteiger partial charge on any atom is 0.256 e. The summed E-state index contributed by atoms with van der Waals surface area (Å²) in [6, 6.07) is 12.3. The van der Waals surface area contributed by atoms with E-state index in [-0.39, 0.29) is 11.7 Å². The standard InChI is InChI=1S/C18H13N3O2/c19-11-4-5-15-13(9-11)14(18(23)21-15)8-10-3-6-16(22)17-12(10)2-1-7-20-17/h1-9,22H,19H2,(H,21,23)/b14-8+. The second-order valence-corrected chi connectivity index (χ2v) is 5.39. The van der Waals surface area contributed by atoms with Crippen LogP contribution in [0, 0.1) is 0 Å². The van der Waals surface area contributed by atoms with Gasteiger partial charge in [0.25, 0.3) is 5.91 Å². The molecular formula is C18H13N3O2. The number of pyridine rings is 1. The number of aromatic nitrogens is 1. The number of phenols is 1. The molecule has 5 heteroatoms. The van der Waals surface area contributed by atoms with Crippen LogP contribution in [0.3, 0.4) is 0 Å². The zero-order chi connectivity index (χ0) is 16.0. The maximum atomic E-state index is 12.3. The van der Waals surface area contributed by atoms with Crippen molar-refractivity contribution in [2.75, 3.05) is 11.1 Å². The largest absolute Gasteiger partial charge is 0.506 e. The van der Waals surface area contributed by atoms with Crippen LogP contribution in [0.25, 0.3) is 22.6 Å². The molecule has 23 heavy (non-hydrogen) atoms. The fourth-order valence-electron chi connectivity index (χ4n) is 2.81. The van der Waals surface area contributed by atoms with Gasteiger partial charge in [0, 0.05) is 34.1 Å². The van der Waals surface area contributed by atoms with E-state index in [9.17, 15) is 9.90 Å². The highest BCUT2D eigenvalue weighted by Gasteiger charge is 2.24. The minimum absolute atomic E-state index is 0.114. The normalized spacial score (nSPS) is 15.0. The molecule has 0 fully saturated rings. The summed E-state index contributed by atoms with van der Waals surface area (Å²) in [5.41, 5.74) is 9.82. The van der Waals surface area contributed by atoms with E-state index in [1.165, 1.54) is 0 Å². The van der Waals surface area contributed by atoms with Gasteiger partial charge in [0.05, 0.1) is 0 Å². The molecule has 0 atom stereocenters. The third-order valence-electron chi connectivity index (χ3n) is 3.91. The van der Waals surface area contributed by atoms with Gasteiger partial charge >= 0.3 is 0 Å². The average Bonchev–Trinajstić information content (AvgIpc) is 2.86. The summed E-state index contributed by atoms with van der Waals surface area (Å²) in [5, 5.41) is 13.5. The Labute approximate surface area is 132 Å². The van der Waals surface area contributed by atoms with Gasteiger partial charge in [0.1, 0.15) is 11.3 Å². The van der Waals surface area contributed by atoms with Crippen molar-refractivity contribution in [1.29, 1.82) is 0 Å². The third kappa shape index (κ3) is 2.10. The second kappa shape index (κ2) is 4.84. The van der Waals surface area contributed by atoms with Crippen LogP contribution < -0.4 is 11.1 Å². The summed E-state index contributed by atoms with van der Waals surface area (Å²) in [4.78, 5) is 16.5. The Bertz CT molecular complexity index is 993. The van der Waals surface area contributed by atoms with Crippen molar-refractivity contribution in [3.63, 3.8) is 0 Å². The van der Waals surface area contributed by atoms with Crippen molar-refractivity contribution >= 4 is 39.8 Å². The molecule has 2 aromatic carbocycles. The van der Waals surface area contributed by atoms with E-state index < -0.39 is 0 Å². The molecule has 1 amide bonds. The molecule has 3 aromatic rings. The molecule has 0 aliphatic carbocycles. The van der Waals surface area contributed by atoms with Gasteiger partial charge in [0.2, 0.25) is 0 Å². The summed E-state index contributed by atoms with van der Waals surface area (Å²) in [6.07, 6.45) is 3.42. The molecule has 1 aliphatic heterocycles. The third-order valence-corrected chi connectivity index (χ3v) is 3.91. The molecule has 4 N–H and O–H groups in total. The quantitative estimate of drug-likeness (QED) is 0.476. The number of carbonyl (C=O) groups excluding carboxylic acids is 1. The Balaban J connectivity index is 1.94. The number of carbonyl (C=O) groups is 1. The Morgan fingerprint density at radius 1 is 1.17 bits per heavy atom.